The number of aryl methyl sites for hydroxylation is 1. The van der Waals surface area contributed by atoms with Crippen LogP contribution in [0.5, 0.6) is 0 Å². The fourth-order valence-corrected chi connectivity index (χ4v) is 1.41. The van der Waals surface area contributed by atoms with Gasteiger partial charge in [-0.1, -0.05) is 11.2 Å². The van der Waals surface area contributed by atoms with Crippen LogP contribution in [-0.4, -0.2) is 23.5 Å². The Hall–Kier alpha value is -2.05. The minimum atomic E-state index is -4.54. The molecular weight excluding hydrogens is 249 g/mol. The first-order valence-electron chi connectivity index (χ1n) is 4.96. The SMILES string of the molecule is Cc1cc(/C=N\O)cc(NC(=O)CC(F)(F)F)c1. The molecule has 1 rings (SSSR count). The van der Waals surface area contributed by atoms with Crippen LogP contribution in [0.25, 0.3) is 0 Å². The van der Waals surface area contributed by atoms with Crippen LogP contribution in [0.1, 0.15) is 17.5 Å². The van der Waals surface area contributed by atoms with E-state index in [9.17, 15) is 18.0 Å². The maximum absolute atomic E-state index is 12.0. The molecule has 18 heavy (non-hydrogen) atoms. The van der Waals surface area contributed by atoms with Crippen molar-refractivity contribution in [2.45, 2.75) is 19.5 Å². The molecule has 2 N–H and O–H groups in total. The van der Waals surface area contributed by atoms with Crippen LogP contribution in [0.3, 0.4) is 0 Å². The fourth-order valence-electron chi connectivity index (χ4n) is 1.41. The zero-order valence-corrected chi connectivity index (χ0v) is 9.45. The number of amides is 1. The van der Waals surface area contributed by atoms with E-state index in [4.69, 9.17) is 5.21 Å². The zero-order chi connectivity index (χ0) is 13.8. The normalized spacial score (nSPS) is 11.8. The van der Waals surface area contributed by atoms with Crippen LogP contribution in [-0.2, 0) is 4.79 Å². The van der Waals surface area contributed by atoms with Crippen LogP contribution in [0.4, 0.5) is 18.9 Å². The molecule has 0 saturated carbocycles. The van der Waals surface area contributed by atoms with E-state index >= 15 is 0 Å². The summed E-state index contributed by atoms with van der Waals surface area (Å²) >= 11 is 0. The third kappa shape index (κ3) is 4.86. The summed E-state index contributed by atoms with van der Waals surface area (Å²) in [6.45, 7) is 1.70. The average Bonchev–Trinajstić information content (AvgIpc) is 2.12. The van der Waals surface area contributed by atoms with Crippen molar-refractivity contribution in [2.75, 3.05) is 5.32 Å². The molecule has 0 unspecified atom stereocenters. The van der Waals surface area contributed by atoms with Gasteiger partial charge in [0.2, 0.25) is 5.91 Å². The Kier molecular flexibility index (Phi) is 4.30. The Labute approximate surface area is 101 Å². The molecule has 0 radical (unpaired) electrons. The lowest BCUT2D eigenvalue weighted by Crippen LogP contribution is -2.21. The van der Waals surface area contributed by atoms with Crippen molar-refractivity contribution in [2.24, 2.45) is 5.16 Å². The van der Waals surface area contributed by atoms with Crippen LogP contribution < -0.4 is 5.32 Å². The number of hydrogen-bond donors (Lipinski definition) is 2. The van der Waals surface area contributed by atoms with Crippen molar-refractivity contribution in [3.8, 4) is 0 Å². The third-order valence-corrected chi connectivity index (χ3v) is 1.95. The lowest BCUT2D eigenvalue weighted by Gasteiger charge is -2.09. The van der Waals surface area contributed by atoms with Gasteiger partial charge in [-0.25, -0.2) is 0 Å². The van der Waals surface area contributed by atoms with Gasteiger partial charge in [0, 0.05) is 5.69 Å². The van der Waals surface area contributed by atoms with Crippen LogP contribution in [0.15, 0.2) is 23.4 Å². The highest BCUT2D eigenvalue weighted by atomic mass is 19.4. The van der Waals surface area contributed by atoms with Gasteiger partial charge in [-0.15, -0.1) is 0 Å². The summed E-state index contributed by atoms with van der Waals surface area (Å²) < 4.78 is 35.9. The number of carbonyl (C=O) groups excluding carboxylic acids is 1. The Balaban J connectivity index is 2.81. The first-order chi connectivity index (χ1) is 8.30. The van der Waals surface area contributed by atoms with Gasteiger partial charge in [-0.3, -0.25) is 4.79 Å². The van der Waals surface area contributed by atoms with Gasteiger partial charge in [-0.05, 0) is 30.2 Å². The van der Waals surface area contributed by atoms with Gasteiger partial charge >= 0.3 is 6.18 Å². The topological polar surface area (TPSA) is 61.7 Å². The van der Waals surface area contributed by atoms with Crippen molar-refractivity contribution in [1.82, 2.24) is 0 Å². The molecule has 0 aliphatic rings. The monoisotopic (exact) mass is 260 g/mol. The van der Waals surface area contributed by atoms with Gasteiger partial charge in [0.15, 0.2) is 0 Å². The maximum Gasteiger partial charge on any atom is 0.397 e. The summed E-state index contributed by atoms with van der Waals surface area (Å²) in [4.78, 5) is 11.1. The van der Waals surface area contributed by atoms with Gasteiger partial charge in [0.05, 0.1) is 6.21 Å². The highest BCUT2D eigenvalue weighted by Gasteiger charge is 2.31. The first kappa shape index (κ1) is 14.0. The molecule has 0 atom stereocenters. The highest BCUT2D eigenvalue weighted by molar-refractivity contribution is 5.92. The molecular formula is C11H11F3N2O2. The first-order valence-corrected chi connectivity index (χ1v) is 4.96. The second kappa shape index (κ2) is 5.52. The molecule has 1 aromatic rings. The molecule has 0 aromatic heterocycles. The summed E-state index contributed by atoms with van der Waals surface area (Å²) in [5.74, 6) is -1.14. The molecule has 98 valence electrons. The smallest absolute Gasteiger partial charge is 0.397 e. The maximum atomic E-state index is 12.0. The molecule has 1 aromatic carbocycles. The Morgan fingerprint density at radius 3 is 2.67 bits per heavy atom. The molecule has 0 heterocycles. The number of nitrogens with zero attached hydrogens (tertiary/aromatic N) is 1. The average molecular weight is 260 g/mol. The molecule has 0 bridgehead atoms. The van der Waals surface area contributed by atoms with E-state index in [0.717, 1.165) is 11.8 Å². The quantitative estimate of drug-likeness (QED) is 0.498. The van der Waals surface area contributed by atoms with Gasteiger partial charge in [0.1, 0.15) is 6.42 Å². The Morgan fingerprint density at radius 2 is 2.11 bits per heavy atom. The van der Waals surface area contributed by atoms with Crippen molar-refractivity contribution in [1.29, 1.82) is 0 Å². The second-order valence-electron chi connectivity index (χ2n) is 3.72. The predicted octanol–water partition coefficient (Wildman–Crippen LogP) is 2.69. The number of halogens is 3. The van der Waals surface area contributed by atoms with E-state index in [2.05, 4.69) is 10.5 Å². The largest absolute Gasteiger partial charge is 0.411 e. The second-order valence-corrected chi connectivity index (χ2v) is 3.72. The number of rotatable bonds is 3. The number of oxime groups is 1. The van der Waals surface area contributed by atoms with E-state index < -0.39 is 18.5 Å². The highest BCUT2D eigenvalue weighted by Crippen LogP contribution is 2.21. The molecule has 0 aliphatic heterocycles. The number of hydrogen-bond acceptors (Lipinski definition) is 3. The zero-order valence-electron chi connectivity index (χ0n) is 9.45. The lowest BCUT2D eigenvalue weighted by atomic mass is 10.1. The summed E-state index contributed by atoms with van der Waals surface area (Å²) in [6, 6.07) is 4.57. The Bertz CT molecular complexity index is 470. The van der Waals surface area contributed by atoms with E-state index in [1.54, 1.807) is 13.0 Å². The number of alkyl halides is 3. The molecule has 0 fully saturated rings. The molecule has 0 saturated heterocycles. The van der Waals surface area contributed by atoms with E-state index in [-0.39, 0.29) is 5.69 Å². The van der Waals surface area contributed by atoms with Gasteiger partial charge in [0.25, 0.3) is 0 Å². The minimum absolute atomic E-state index is 0.221. The van der Waals surface area contributed by atoms with Crippen molar-refractivity contribution >= 4 is 17.8 Å². The molecule has 0 spiro atoms. The van der Waals surface area contributed by atoms with E-state index in [1.165, 1.54) is 12.1 Å². The minimum Gasteiger partial charge on any atom is -0.411 e. The molecule has 0 aliphatic carbocycles. The van der Waals surface area contributed by atoms with Crippen LogP contribution in [0, 0.1) is 6.92 Å². The number of nitrogens with one attached hydrogen (secondary N) is 1. The number of anilines is 1. The summed E-state index contributed by atoms with van der Waals surface area (Å²) in [7, 11) is 0. The lowest BCUT2D eigenvalue weighted by molar-refractivity contribution is -0.150. The summed E-state index contributed by atoms with van der Waals surface area (Å²) in [5, 5.41) is 13.3. The fraction of sp³-hybridized carbons (Fsp3) is 0.273. The van der Waals surface area contributed by atoms with Crippen LogP contribution >= 0.6 is 0 Å². The molecule has 7 heteroatoms. The van der Waals surface area contributed by atoms with E-state index in [0.29, 0.717) is 5.56 Å². The Morgan fingerprint density at radius 1 is 1.44 bits per heavy atom. The van der Waals surface area contributed by atoms with Crippen molar-refractivity contribution in [3.63, 3.8) is 0 Å². The number of benzene rings is 1. The molecule has 1 amide bonds. The van der Waals surface area contributed by atoms with Crippen molar-refractivity contribution < 1.29 is 23.2 Å². The van der Waals surface area contributed by atoms with Crippen LogP contribution in [0.2, 0.25) is 0 Å². The molecule has 4 nitrogen and oxygen atoms in total. The summed E-state index contributed by atoms with van der Waals surface area (Å²) in [6.07, 6.45) is -4.96. The van der Waals surface area contributed by atoms with Gasteiger partial charge < -0.3 is 10.5 Å². The van der Waals surface area contributed by atoms with Crippen molar-refractivity contribution in [3.05, 3.63) is 29.3 Å². The third-order valence-electron chi connectivity index (χ3n) is 1.95. The van der Waals surface area contributed by atoms with E-state index in [1.807, 2.05) is 0 Å². The van der Waals surface area contributed by atoms with Gasteiger partial charge in [-0.2, -0.15) is 13.2 Å². The standard InChI is InChI=1S/C11H11F3N2O2/c1-7-2-8(6-15-18)4-9(3-7)16-10(17)5-11(12,13)14/h2-4,6,18H,5H2,1H3,(H,16,17)/b15-6-. The number of carbonyl (C=O) groups is 1. The summed E-state index contributed by atoms with van der Waals surface area (Å²) in [5.41, 5.74) is 1.41. The predicted molar refractivity (Wildman–Crippen MR) is 59.9 cm³/mol.